The third-order valence-electron chi connectivity index (χ3n) is 3.33. The average Bonchev–Trinajstić information content (AvgIpc) is 3.02. The fourth-order valence-corrected chi connectivity index (χ4v) is 2.82. The second-order valence-corrected chi connectivity index (χ2v) is 4.87. The third-order valence-corrected chi connectivity index (χ3v) is 4.05. The predicted octanol–water partition coefficient (Wildman–Crippen LogP) is 2.61. The van der Waals surface area contributed by atoms with Crippen molar-refractivity contribution in [3.8, 4) is 24.3 Å². The van der Waals surface area contributed by atoms with Crippen LogP contribution in [0, 0.1) is 56.2 Å². The fraction of sp³-hybridized carbons (Fsp3) is 0.231. The third kappa shape index (κ3) is 1.15. The smallest absolute Gasteiger partial charge is 0.185 e. The molecule has 0 aliphatic heterocycles. The summed E-state index contributed by atoms with van der Waals surface area (Å²) >= 11 is 3.32. The molecule has 5 heteroatoms. The van der Waals surface area contributed by atoms with Gasteiger partial charge in [0, 0.05) is 4.47 Å². The average molecular weight is 297 g/mol. The van der Waals surface area contributed by atoms with Gasteiger partial charge in [-0.2, -0.15) is 21.0 Å². The van der Waals surface area contributed by atoms with Crippen LogP contribution < -0.4 is 0 Å². The molecule has 18 heavy (non-hydrogen) atoms. The lowest BCUT2D eigenvalue weighted by atomic mass is 9.98. The molecule has 0 aromatic heterocycles. The summed E-state index contributed by atoms with van der Waals surface area (Å²) in [6.07, 6.45) is 0. The minimum atomic E-state index is -1.58. The summed E-state index contributed by atoms with van der Waals surface area (Å²) in [5, 5.41) is 36.7. The molecule has 0 bridgehead atoms. The molecule has 1 fully saturated rings. The Kier molecular flexibility index (Phi) is 2.59. The lowest BCUT2D eigenvalue weighted by molar-refractivity contribution is 0.727. The Hall–Kier alpha value is -2.34. The quantitative estimate of drug-likeness (QED) is 0.796. The van der Waals surface area contributed by atoms with Crippen molar-refractivity contribution in [2.45, 2.75) is 5.92 Å². The number of rotatable bonds is 1. The van der Waals surface area contributed by atoms with Gasteiger partial charge in [0.15, 0.2) is 10.8 Å². The van der Waals surface area contributed by atoms with E-state index in [1.54, 1.807) is 24.3 Å². The molecule has 1 aliphatic rings. The minimum Gasteiger partial charge on any atom is -0.196 e. The first-order valence-electron chi connectivity index (χ1n) is 5.03. The zero-order valence-electron chi connectivity index (χ0n) is 9.05. The number of halogens is 1. The number of hydrogen-bond donors (Lipinski definition) is 0. The molecule has 0 saturated heterocycles. The van der Waals surface area contributed by atoms with Crippen LogP contribution in [0.5, 0.6) is 0 Å². The van der Waals surface area contributed by atoms with Crippen LogP contribution in [0.3, 0.4) is 0 Å². The van der Waals surface area contributed by atoms with Crippen LogP contribution in [0.4, 0.5) is 0 Å². The van der Waals surface area contributed by atoms with Crippen molar-refractivity contribution in [3.63, 3.8) is 0 Å². The zero-order valence-corrected chi connectivity index (χ0v) is 10.6. The van der Waals surface area contributed by atoms with Crippen molar-refractivity contribution in [3.05, 3.63) is 34.3 Å². The molecule has 0 heterocycles. The summed E-state index contributed by atoms with van der Waals surface area (Å²) in [5.74, 6) is -0.703. The molecule has 1 saturated carbocycles. The van der Waals surface area contributed by atoms with Crippen molar-refractivity contribution in [2.24, 2.45) is 10.8 Å². The number of nitriles is 4. The Balaban J connectivity index is 2.67. The molecule has 4 nitrogen and oxygen atoms in total. The van der Waals surface area contributed by atoms with Gasteiger partial charge in [-0.25, -0.2) is 0 Å². The van der Waals surface area contributed by atoms with E-state index in [0.717, 1.165) is 0 Å². The zero-order chi connectivity index (χ0) is 13.4. The molecule has 1 aromatic rings. The van der Waals surface area contributed by atoms with Crippen molar-refractivity contribution in [1.29, 1.82) is 21.0 Å². The van der Waals surface area contributed by atoms with Gasteiger partial charge in [0.25, 0.3) is 0 Å². The number of nitrogens with zero attached hydrogens (tertiary/aromatic N) is 4. The van der Waals surface area contributed by atoms with Gasteiger partial charge >= 0.3 is 0 Å². The molecule has 0 N–H and O–H groups in total. The summed E-state index contributed by atoms with van der Waals surface area (Å²) in [7, 11) is 0. The van der Waals surface area contributed by atoms with Crippen LogP contribution in [0.2, 0.25) is 0 Å². The monoisotopic (exact) mass is 296 g/mol. The second kappa shape index (κ2) is 3.85. The normalized spacial score (nSPS) is 18.7. The van der Waals surface area contributed by atoms with Crippen molar-refractivity contribution < 1.29 is 0 Å². The second-order valence-electron chi connectivity index (χ2n) is 4.02. The first kappa shape index (κ1) is 12.1. The highest BCUT2D eigenvalue weighted by molar-refractivity contribution is 9.10. The van der Waals surface area contributed by atoms with Crippen LogP contribution in [-0.2, 0) is 0 Å². The van der Waals surface area contributed by atoms with Gasteiger partial charge in [0.1, 0.15) is 0 Å². The molecular formula is C13H5BrN4. The highest BCUT2D eigenvalue weighted by Gasteiger charge is 2.82. The van der Waals surface area contributed by atoms with Crippen molar-refractivity contribution >= 4 is 15.9 Å². The topological polar surface area (TPSA) is 95.2 Å². The number of hydrogen-bond acceptors (Lipinski definition) is 4. The van der Waals surface area contributed by atoms with Crippen LogP contribution in [-0.4, -0.2) is 0 Å². The molecule has 2 rings (SSSR count). The largest absolute Gasteiger partial charge is 0.196 e. The van der Waals surface area contributed by atoms with Gasteiger partial charge < -0.3 is 0 Å². The Morgan fingerprint density at radius 3 is 1.72 bits per heavy atom. The lowest BCUT2D eigenvalue weighted by Crippen LogP contribution is -2.05. The summed E-state index contributed by atoms with van der Waals surface area (Å²) in [6.45, 7) is 0. The van der Waals surface area contributed by atoms with Crippen LogP contribution in [0.15, 0.2) is 28.7 Å². The Bertz CT molecular complexity index is 615. The maximum atomic E-state index is 9.19. The molecule has 0 radical (unpaired) electrons. The van der Waals surface area contributed by atoms with E-state index in [-0.39, 0.29) is 0 Å². The maximum Gasteiger partial charge on any atom is 0.185 e. The van der Waals surface area contributed by atoms with Gasteiger partial charge in [0.2, 0.25) is 0 Å². The molecule has 1 aromatic carbocycles. The Labute approximate surface area is 112 Å². The molecule has 84 valence electrons. The van der Waals surface area contributed by atoms with E-state index < -0.39 is 16.7 Å². The van der Waals surface area contributed by atoms with E-state index >= 15 is 0 Å². The first-order chi connectivity index (χ1) is 8.63. The van der Waals surface area contributed by atoms with Crippen LogP contribution in [0.1, 0.15) is 11.5 Å². The standard InChI is InChI=1S/C13H5BrN4/c14-10-4-2-1-3-9(10)11-12(5-15,6-16)13(11,7-17)8-18/h1-4,11H. The molecule has 0 atom stereocenters. The van der Waals surface area contributed by atoms with Gasteiger partial charge in [-0.15, -0.1) is 0 Å². The van der Waals surface area contributed by atoms with Crippen LogP contribution in [0.25, 0.3) is 0 Å². The first-order valence-corrected chi connectivity index (χ1v) is 5.82. The molecule has 0 spiro atoms. The number of benzene rings is 1. The SMILES string of the molecule is N#CC1(C#N)C(c2ccccc2Br)C1(C#N)C#N. The Morgan fingerprint density at radius 1 is 0.889 bits per heavy atom. The highest BCUT2D eigenvalue weighted by Crippen LogP contribution is 2.73. The Morgan fingerprint density at radius 2 is 1.33 bits per heavy atom. The van der Waals surface area contributed by atoms with Gasteiger partial charge in [-0.05, 0) is 11.6 Å². The van der Waals surface area contributed by atoms with Gasteiger partial charge in [-0.3, -0.25) is 0 Å². The van der Waals surface area contributed by atoms with E-state index in [1.165, 1.54) is 0 Å². The molecule has 1 aliphatic carbocycles. The van der Waals surface area contributed by atoms with E-state index in [2.05, 4.69) is 15.9 Å². The van der Waals surface area contributed by atoms with Crippen molar-refractivity contribution in [1.82, 2.24) is 0 Å². The fourth-order valence-electron chi connectivity index (χ4n) is 2.31. The molecular weight excluding hydrogens is 292 g/mol. The van der Waals surface area contributed by atoms with E-state index in [1.807, 2.05) is 24.3 Å². The van der Waals surface area contributed by atoms with Crippen LogP contribution >= 0.6 is 15.9 Å². The van der Waals surface area contributed by atoms with E-state index in [0.29, 0.717) is 10.0 Å². The minimum absolute atomic E-state index is 0.642. The predicted molar refractivity (Wildman–Crippen MR) is 64.2 cm³/mol. The molecule has 0 amide bonds. The van der Waals surface area contributed by atoms with E-state index in [4.69, 9.17) is 0 Å². The summed E-state index contributed by atoms with van der Waals surface area (Å²) < 4.78 is 0.692. The lowest BCUT2D eigenvalue weighted by Gasteiger charge is -2.02. The molecule has 0 unspecified atom stereocenters. The van der Waals surface area contributed by atoms with E-state index in [9.17, 15) is 21.0 Å². The maximum absolute atomic E-state index is 9.19. The highest BCUT2D eigenvalue weighted by atomic mass is 79.9. The van der Waals surface area contributed by atoms with Crippen molar-refractivity contribution in [2.75, 3.05) is 0 Å². The summed E-state index contributed by atoms with van der Waals surface area (Å²) in [5.41, 5.74) is -2.52. The van der Waals surface area contributed by atoms with Gasteiger partial charge in [0.05, 0.1) is 30.2 Å². The summed E-state index contributed by atoms with van der Waals surface area (Å²) in [4.78, 5) is 0. The summed E-state index contributed by atoms with van der Waals surface area (Å²) in [6, 6.07) is 14.4. The van der Waals surface area contributed by atoms with Gasteiger partial charge in [-0.1, -0.05) is 34.1 Å².